The lowest BCUT2D eigenvalue weighted by molar-refractivity contribution is -0.118. The fraction of sp³-hybridized carbons (Fsp3) is 0.636. The molecule has 0 saturated carbocycles. The molecule has 4 heteroatoms. The van der Waals surface area contributed by atoms with Crippen LogP contribution in [0.15, 0.2) is 12.2 Å². The molecule has 0 radical (unpaired) electrons. The molecule has 4 nitrogen and oxygen atoms in total. The predicted octanol–water partition coefficient (Wildman–Crippen LogP) is 1.50. The Balaban J connectivity index is 2.08. The van der Waals surface area contributed by atoms with Crippen LogP contribution in [0.1, 0.15) is 27.2 Å². The first-order valence-corrected chi connectivity index (χ1v) is 5.11. The summed E-state index contributed by atoms with van der Waals surface area (Å²) in [6.07, 6.45) is 3.71. The number of carbonyl (C=O) groups excluding carboxylic acids is 2. The summed E-state index contributed by atoms with van der Waals surface area (Å²) in [6.45, 7) is 5.45. The second-order valence-corrected chi connectivity index (χ2v) is 4.96. The molecule has 2 aliphatic rings. The van der Waals surface area contributed by atoms with Gasteiger partial charge in [0.2, 0.25) is 0 Å². The smallest absolute Gasteiger partial charge is 0.411 e. The zero-order valence-corrected chi connectivity index (χ0v) is 9.19. The summed E-state index contributed by atoms with van der Waals surface area (Å²) >= 11 is 0. The third-order valence-electron chi connectivity index (χ3n) is 2.52. The molecule has 0 aromatic carbocycles. The molecule has 2 aliphatic heterocycles. The second-order valence-electron chi connectivity index (χ2n) is 4.96. The fourth-order valence-electron chi connectivity index (χ4n) is 1.94. The summed E-state index contributed by atoms with van der Waals surface area (Å²) in [5, 5.41) is 0. The average molecular weight is 209 g/mol. The first kappa shape index (κ1) is 10.2. The van der Waals surface area contributed by atoms with Crippen LogP contribution in [0, 0.1) is 0 Å². The molecule has 1 amide bonds. The Hall–Kier alpha value is -1.32. The van der Waals surface area contributed by atoms with Crippen molar-refractivity contribution in [3.8, 4) is 0 Å². The van der Waals surface area contributed by atoms with Crippen molar-refractivity contribution < 1.29 is 14.3 Å². The van der Waals surface area contributed by atoms with Crippen molar-refractivity contribution in [1.29, 1.82) is 0 Å². The quantitative estimate of drug-likeness (QED) is 0.568. The van der Waals surface area contributed by atoms with Crippen LogP contribution in [0.3, 0.4) is 0 Å². The Kier molecular flexibility index (Phi) is 2.10. The number of Topliss-reactive ketones (excluding diaryl/α,β-unsaturated/α-hetero) is 1. The van der Waals surface area contributed by atoms with Crippen LogP contribution < -0.4 is 0 Å². The van der Waals surface area contributed by atoms with E-state index in [-0.39, 0.29) is 17.9 Å². The van der Waals surface area contributed by atoms with Gasteiger partial charge in [-0.05, 0) is 20.8 Å². The van der Waals surface area contributed by atoms with E-state index in [1.54, 1.807) is 6.08 Å². The van der Waals surface area contributed by atoms with E-state index in [1.165, 1.54) is 4.90 Å². The van der Waals surface area contributed by atoms with Crippen molar-refractivity contribution >= 4 is 11.9 Å². The molecular weight excluding hydrogens is 194 g/mol. The molecule has 2 atom stereocenters. The molecule has 2 bridgehead atoms. The molecule has 2 heterocycles. The van der Waals surface area contributed by atoms with Crippen LogP contribution in [0.4, 0.5) is 4.79 Å². The molecule has 1 saturated heterocycles. The van der Waals surface area contributed by atoms with Gasteiger partial charge >= 0.3 is 6.09 Å². The van der Waals surface area contributed by atoms with E-state index in [0.29, 0.717) is 6.42 Å². The maximum absolute atomic E-state index is 11.8. The molecule has 82 valence electrons. The Morgan fingerprint density at radius 3 is 2.53 bits per heavy atom. The van der Waals surface area contributed by atoms with Gasteiger partial charge < -0.3 is 4.74 Å². The number of hydrogen-bond acceptors (Lipinski definition) is 3. The number of fused-ring (bicyclic) bond motifs is 2. The molecule has 15 heavy (non-hydrogen) atoms. The van der Waals surface area contributed by atoms with Crippen LogP contribution in [-0.2, 0) is 9.53 Å². The second kappa shape index (κ2) is 3.08. The molecule has 0 unspecified atom stereocenters. The summed E-state index contributed by atoms with van der Waals surface area (Å²) in [6, 6.07) is -0.470. The average Bonchev–Trinajstić information content (AvgIpc) is 2.55. The van der Waals surface area contributed by atoms with E-state index in [9.17, 15) is 9.59 Å². The Bertz CT molecular complexity index is 340. The molecule has 0 aromatic rings. The minimum absolute atomic E-state index is 0.0858. The van der Waals surface area contributed by atoms with E-state index in [1.807, 2.05) is 26.8 Å². The standard InChI is InChI=1S/C11H15NO3/c1-11(2,3)15-10(14)12-7-4-5-8(12)9(13)6-7/h4-5,7-8H,6H2,1-3H3/t7-,8+/m1/s1. The van der Waals surface area contributed by atoms with Crippen molar-refractivity contribution in [1.82, 2.24) is 4.90 Å². The van der Waals surface area contributed by atoms with Gasteiger partial charge in [-0.2, -0.15) is 0 Å². The Morgan fingerprint density at radius 2 is 2.13 bits per heavy atom. The Labute approximate surface area is 88.9 Å². The van der Waals surface area contributed by atoms with Crippen molar-refractivity contribution in [3.05, 3.63) is 12.2 Å². The van der Waals surface area contributed by atoms with Crippen LogP contribution in [0.2, 0.25) is 0 Å². The maximum Gasteiger partial charge on any atom is 0.411 e. The first-order chi connectivity index (χ1) is 6.88. The minimum Gasteiger partial charge on any atom is -0.444 e. The minimum atomic E-state index is -0.512. The van der Waals surface area contributed by atoms with Crippen LogP contribution in [0.5, 0.6) is 0 Å². The van der Waals surface area contributed by atoms with Gasteiger partial charge in [0.05, 0.1) is 6.04 Å². The lowest BCUT2D eigenvalue weighted by Gasteiger charge is -2.26. The fourth-order valence-corrected chi connectivity index (χ4v) is 1.94. The van der Waals surface area contributed by atoms with Crippen LogP contribution in [-0.4, -0.2) is 34.5 Å². The zero-order valence-electron chi connectivity index (χ0n) is 9.19. The number of ketones is 1. The number of ether oxygens (including phenoxy) is 1. The van der Waals surface area contributed by atoms with E-state index in [0.717, 1.165) is 0 Å². The highest BCUT2D eigenvalue weighted by molar-refractivity contribution is 5.95. The number of hydrogen-bond donors (Lipinski definition) is 0. The monoisotopic (exact) mass is 209 g/mol. The van der Waals surface area contributed by atoms with Gasteiger partial charge in [-0.25, -0.2) is 4.79 Å². The normalized spacial score (nSPS) is 28.7. The SMILES string of the molecule is CC(C)(C)OC(=O)N1[C@@H]2C=C[C@H]1C(=O)C2. The highest BCUT2D eigenvalue weighted by Crippen LogP contribution is 2.30. The van der Waals surface area contributed by atoms with E-state index in [4.69, 9.17) is 4.74 Å². The number of amides is 1. The third kappa shape index (κ3) is 1.76. The van der Waals surface area contributed by atoms with Crippen molar-refractivity contribution in [3.63, 3.8) is 0 Å². The van der Waals surface area contributed by atoms with Gasteiger partial charge in [0, 0.05) is 6.42 Å². The van der Waals surface area contributed by atoms with Crippen molar-refractivity contribution in [2.45, 2.75) is 44.9 Å². The number of carbonyl (C=O) groups is 2. The number of nitrogens with zero attached hydrogens (tertiary/aromatic N) is 1. The summed E-state index contributed by atoms with van der Waals surface area (Å²) in [7, 11) is 0. The Morgan fingerprint density at radius 1 is 1.47 bits per heavy atom. The molecular formula is C11H15NO3. The predicted molar refractivity (Wildman–Crippen MR) is 54.4 cm³/mol. The van der Waals surface area contributed by atoms with E-state index < -0.39 is 11.7 Å². The first-order valence-electron chi connectivity index (χ1n) is 5.11. The lowest BCUT2D eigenvalue weighted by Crippen LogP contribution is -2.41. The molecule has 0 aromatic heterocycles. The summed E-state index contributed by atoms with van der Waals surface area (Å²) in [5.41, 5.74) is -0.512. The molecule has 0 spiro atoms. The largest absolute Gasteiger partial charge is 0.444 e. The molecule has 0 N–H and O–H groups in total. The topological polar surface area (TPSA) is 46.6 Å². The molecule has 1 fully saturated rings. The van der Waals surface area contributed by atoms with Crippen LogP contribution in [0.25, 0.3) is 0 Å². The van der Waals surface area contributed by atoms with Gasteiger partial charge in [-0.1, -0.05) is 12.2 Å². The highest BCUT2D eigenvalue weighted by atomic mass is 16.6. The molecule has 0 aliphatic carbocycles. The van der Waals surface area contributed by atoms with Gasteiger partial charge in [-0.3, -0.25) is 9.69 Å². The third-order valence-corrected chi connectivity index (χ3v) is 2.52. The summed E-state index contributed by atoms with van der Waals surface area (Å²) in [4.78, 5) is 24.7. The zero-order chi connectivity index (χ0) is 11.2. The lowest BCUT2D eigenvalue weighted by atomic mass is 10.1. The van der Waals surface area contributed by atoms with Gasteiger partial charge in [0.1, 0.15) is 11.6 Å². The van der Waals surface area contributed by atoms with E-state index >= 15 is 0 Å². The van der Waals surface area contributed by atoms with E-state index in [2.05, 4.69) is 0 Å². The number of rotatable bonds is 0. The molecule has 2 rings (SSSR count). The van der Waals surface area contributed by atoms with Gasteiger partial charge in [0.25, 0.3) is 0 Å². The summed E-state index contributed by atoms with van der Waals surface area (Å²) < 4.78 is 5.25. The van der Waals surface area contributed by atoms with Gasteiger partial charge in [0.15, 0.2) is 5.78 Å². The maximum atomic E-state index is 11.8. The van der Waals surface area contributed by atoms with Crippen molar-refractivity contribution in [2.75, 3.05) is 0 Å². The summed E-state index contributed by atoms with van der Waals surface area (Å²) in [5.74, 6) is 0.105. The van der Waals surface area contributed by atoms with Crippen molar-refractivity contribution in [2.24, 2.45) is 0 Å². The van der Waals surface area contributed by atoms with Crippen LogP contribution >= 0.6 is 0 Å². The van der Waals surface area contributed by atoms with Gasteiger partial charge in [-0.15, -0.1) is 0 Å². The highest BCUT2D eigenvalue weighted by Gasteiger charge is 2.45.